The molecule has 0 bridgehead atoms. The molecule has 0 aliphatic heterocycles. The number of nitro groups is 1. The Morgan fingerprint density at radius 2 is 2.16 bits per heavy atom. The van der Waals surface area contributed by atoms with E-state index in [0.717, 1.165) is 18.2 Å². The van der Waals surface area contributed by atoms with Gasteiger partial charge in [-0.15, -0.1) is 0 Å². The minimum Gasteiger partial charge on any atom is -0.348 e. The average molecular weight is 333 g/mol. The van der Waals surface area contributed by atoms with Crippen LogP contribution in [0.5, 0.6) is 0 Å². The van der Waals surface area contributed by atoms with Gasteiger partial charge in [0.05, 0.1) is 16.6 Å². The molecule has 0 spiro atoms. The maximum absolute atomic E-state index is 13.6. The van der Waals surface area contributed by atoms with E-state index in [4.69, 9.17) is 0 Å². The molecule has 7 heteroatoms. The number of carbonyl (C=O) groups excluding carboxylic acids is 1. The highest BCUT2D eigenvalue weighted by Crippen LogP contribution is 2.17. The number of hydrogen-bond donors (Lipinski definition) is 1. The molecule has 19 heavy (non-hydrogen) atoms. The summed E-state index contributed by atoms with van der Waals surface area (Å²) in [6.07, 6.45) is 0. The number of nitrogens with zero attached hydrogens (tertiary/aromatic N) is 1. The summed E-state index contributed by atoms with van der Waals surface area (Å²) in [5.41, 5.74) is -0.577. The van der Waals surface area contributed by atoms with E-state index in [9.17, 15) is 19.3 Å². The number of benzene rings is 1. The van der Waals surface area contributed by atoms with Crippen LogP contribution in [0.25, 0.3) is 0 Å². The Balaban J connectivity index is 2.91. The fourth-order valence-corrected chi connectivity index (χ4v) is 2.34. The number of nitrogens with one attached hydrogen (secondary N) is 1. The lowest BCUT2D eigenvalue weighted by molar-refractivity contribution is -0.385. The van der Waals surface area contributed by atoms with Gasteiger partial charge in [0, 0.05) is 17.4 Å². The van der Waals surface area contributed by atoms with Crippen molar-refractivity contribution in [1.82, 2.24) is 5.32 Å². The smallest absolute Gasteiger partial charge is 0.272 e. The Bertz CT molecular complexity index is 494. The van der Waals surface area contributed by atoms with Crippen LogP contribution in [0.15, 0.2) is 18.2 Å². The monoisotopic (exact) mass is 332 g/mol. The largest absolute Gasteiger partial charge is 0.348 e. The minimum absolute atomic E-state index is 0.137. The highest BCUT2D eigenvalue weighted by Gasteiger charge is 2.20. The van der Waals surface area contributed by atoms with Crippen molar-refractivity contribution < 1.29 is 14.1 Å². The molecule has 0 aromatic heterocycles. The summed E-state index contributed by atoms with van der Waals surface area (Å²) in [6.45, 7) is 3.86. The number of amides is 1. The summed E-state index contributed by atoms with van der Waals surface area (Å²) in [5.74, 6) is -1.29. The van der Waals surface area contributed by atoms with Crippen LogP contribution in [0.4, 0.5) is 10.1 Å². The summed E-state index contributed by atoms with van der Waals surface area (Å²) >= 11 is 3.27. The molecule has 104 valence electrons. The van der Waals surface area contributed by atoms with Crippen molar-refractivity contribution in [2.45, 2.75) is 19.9 Å². The number of hydrogen-bond acceptors (Lipinski definition) is 3. The Morgan fingerprint density at radius 3 is 2.58 bits per heavy atom. The Labute approximate surface area is 118 Å². The van der Waals surface area contributed by atoms with E-state index in [2.05, 4.69) is 21.2 Å². The third kappa shape index (κ3) is 3.99. The molecule has 1 rings (SSSR count). The highest BCUT2D eigenvalue weighted by atomic mass is 79.9. The van der Waals surface area contributed by atoms with Crippen LogP contribution in [0.2, 0.25) is 0 Å². The van der Waals surface area contributed by atoms with Crippen molar-refractivity contribution in [3.63, 3.8) is 0 Å². The maximum Gasteiger partial charge on any atom is 0.272 e. The molecule has 0 radical (unpaired) electrons. The van der Waals surface area contributed by atoms with Crippen LogP contribution >= 0.6 is 15.9 Å². The summed E-state index contributed by atoms with van der Waals surface area (Å²) in [7, 11) is 0. The molecule has 1 aromatic rings. The lowest BCUT2D eigenvalue weighted by Gasteiger charge is -2.20. The van der Waals surface area contributed by atoms with E-state index < -0.39 is 16.6 Å². The van der Waals surface area contributed by atoms with Crippen LogP contribution in [-0.4, -0.2) is 22.2 Å². The minimum atomic E-state index is -0.899. The number of halogens is 2. The summed E-state index contributed by atoms with van der Waals surface area (Å²) < 4.78 is 13.6. The fraction of sp³-hybridized carbons (Fsp3) is 0.417. The van der Waals surface area contributed by atoms with Gasteiger partial charge in [-0.1, -0.05) is 29.8 Å². The molecule has 1 unspecified atom stereocenters. The third-order valence-electron chi connectivity index (χ3n) is 2.70. The van der Waals surface area contributed by atoms with Crippen molar-refractivity contribution in [3.8, 4) is 0 Å². The van der Waals surface area contributed by atoms with E-state index in [1.807, 2.05) is 13.8 Å². The second-order valence-electron chi connectivity index (χ2n) is 4.40. The first-order chi connectivity index (χ1) is 8.86. The predicted octanol–water partition coefficient (Wildman–Crippen LogP) is 2.88. The molecule has 0 fully saturated rings. The van der Waals surface area contributed by atoms with Crippen molar-refractivity contribution >= 4 is 27.5 Å². The van der Waals surface area contributed by atoms with E-state index in [1.54, 1.807) is 0 Å². The maximum atomic E-state index is 13.6. The zero-order valence-electron chi connectivity index (χ0n) is 10.5. The van der Waals surface area contributed by atoms with E-state index in [-0.39, 0.29) is 23.2 Å². The number of nitro benzene ring substituents is 1. The van der Waals surface area contributed by atoms with Gasteiger partial charge in [0.1, 0.15) is 5.82 Å². The zero-order valence-corrected chi connectivity index (χ0v) is 12.1. The van der Waals surface area contributed by atoms with Gasteiger partial charge in [-0.3, -0.25) is 14.9 Å². The standard InChI is InChI=1S/C12H14BrFN2O3/c1-7(2)11(6-13)15-12(17)9-4-3-8(16(18)19)5-10(9)14/h3-5,7,11H,6H2,1-2H3,(H,15,17). The van der Waals surface area contributed by atoms with Gasteiger partial charge in [0.2, 0.25) is 0 Å². The van der Waals surface area contributed by atoms with E-state index in [1.165, 1.54) is 0 Å². The quantitative estimate of drug-likeness (QED) is 0.512. The molecular formula is C12H14BrFN2O3. The number of rotatable bonds is 5. The Kier molecular flexibility index (Phi) is 5.41. The summed E-state index contributed by atoms with van der Waals surface area (Å²) in [5, 5.41) is 13.7. The molecule has 1 aromatic carbocycles. The van der Waals surface area contributed by atoms with Crippen molar-refractivity contribution in [2.75, 3.05) is 5.33 Å². The molecule has 1 atom stereocenters. The summed E-state index contributed by atoms with van der Waals surface area (Å²) in [4.78, 5) is 21.7. The Morgan fingerprint density at radius 1 is 1.53 bits per heavy atom. The van der Waals surface area contributed by atoms with Crippen molar-refractivity contribution in [3.05, 3.63) is 39.7 Å². The molecule has 0 saturated carbocycles. The lowest BCUT2D eigenvalue weighted by Crippen LogP contribution is -2.40. The van der Waals surface area contributed by atoms with Crippen LogP contribution in [0.1, 0.15) is 24.2 Å². The molecular weight excluding hydrogens is 319 g/mol. The number of alkyl halides is 1. The molecule has 5 nitrogen and oxygen atoms in total. The van der Waals surface area contributed by atoms with E-state index in [0.29, 0.717) is 5.33 Å². The van der Waals surface area contributed by atoms with Gasteiger partial charge in [0.15, 0.2) is 0 Å². The van der Waals surface area contributed by atoms with Crippen LogP contribution < -0.4 is 5.32 Å². The fourth-order valence-electron chi connectivity index (χ4n) is 1.43. The zero-order chi connectivity index (χ0) is 14.6. The summed E-state index contributed by atoms with van der Waals surface area (Å²) in [6, 6.07) is 2.83. The molecule has 1 amide bonds. The topological polar surface area (TPSA) is 72.2 Å². The molecule has 0 saturated heterocycles. The van der Waals surface area contributed by atoms with Crippen LogP contribution in [0, 0.1) is 21.8 Å². The van der Waals surface area contributed by atoms with Crippen molar-refractivity contribution in [1.29, 1.82) is 0 Å². The van der Waals surface area contributed by atoms with Gasteiger partial charge < -0.3 is 5.32 Å². The van der Waals surface area contributed by atoms with Gasteiger partial charge in [0.25, 0.3) is 11.6 Å². The highest BCUT2D eigenvalue weighted by molar-refractivity contribution is 9.09. The average Bonchev–Trinajstić information content (AvgIpc) is 2.34. The van der Waals surface area contributed by atoms with Crippen LogP contribution in [-0.2, 0) is 0 Å². The van der Waals surface area contributed by atoms with Crippen molar-refractivity contribution in [2.24, 2.45) is 5.92 Å². The number of non-ortho nitro benzene ring substituents is 1. The Hall–Kier alpha value is -1.50. The number of carbonyl (C=O) groups is 1. The molecule has 1 N–H and O–H groups in total. The third-order valence-corrected chi connectivity index (χ3v) is 3.39. The predicted molar refractivity (Wildman–Crippen MR) is 72.9 cm³/mol. The van der Waals surface area contributed by atoms with Gasteiger partial charge in [-0.2, -0.15) is 0 Å². The molecule has 0 aliphatic rings. The van der Waals surface area contributed by atoms with Crippen LogP contribution in [0.3, 0.4) is 0 Å². The van der Waals surface area contributed by atoms with E-state index >= 15 is 0 Å². The first-order valence-corrected chi connectivity index (χ1v) is 6.79. The van der Waals surface area contributed by atoms with Gasteiger partial charge in [-0.25, -0.2) is 4.39 Å². The van der Waals surface area contributed by atoms with Gasteiger partial charge in [-0.05, 0) is 12.0 Å². The second-order valence-corrected chi connectivity index (χ2v) is 5.05. The first-order valence-electron chi connectivity index (χ1n) is 5.67. The molecule has 0 aliphatic carbocycles. The first kappa shape index (κ1) is 15.6. The normalized spacial score (nSPS) is 12.3. The second kappa shape index (κ2) is 6.60. The lowest BCUT2D eigenvalue weighted by atomic mass is 10.1. The molecule has 0 heterocycles. The van der Waals surface area contributed by atoms with Gasteiger partial charge >= 0.3 is 0 Å². The SMILES string of the molecule is CC(C)C(CBr)NC(=O)c1ccc([N+](=O)[O-])cc1F.